The Morgan fingerprint density at radius 1 is 1.18 bits per heavy atom. The van der Waals surface area contributed by atoms with E-state index < -0.39 is 0 Å². The van der Waals surface area contributed by atoms with E-state index in [-0.39, 0.29) is 17.1 Å². The van der Waals surface area contributed by atoms with Crippen LogP contribution >= 0.6 is 0 Å². The molecule has 0 amide bonds. The second-order valence-electron chi connectivity index (χ2n) is 8.59. The first kappa shape index (κ1) is 18.8. The molecule has 4 rings (SSSR count). The van der Waals surface area contributed by atoms with Crippen LogP contribution in [0.3, 0.4) is 0 Å². The van der Waals surface area contributed by atoms with E-state index in [9.17, 15) is 4.79 Å². The highest BCUT2D eigenvalue weighted by atomic mass is 16.1. The summed E-state index contributed by atoms with van der Waals surface area (Å²) in [5, 5.41) is 13.6. The number of benzene rings is 1. The number of tetrazole rings is 1. The zero-order chi connectivity index (χ0) is 19.9. The maximum Gasteiger partial charge on any atom is 0.253 e. The van der Waals surface area contributed by atoms with Gasteiger partial charge < -0.3 is 4.98 Å². The Morgan fingerprint density at radius 2 is 1.93 bits per heavy atom. The van der Waals surface area contributed by atoms with Crippen LogP contribution in [-0.4, -0.2) is 43.2 Å². The van der Waals surface area contributed by atoms with Crippen LogP contribution < -0.4 is 5.56 Å². The lowest BCUT2D eigenvalue weighted by atomic mass is 10.0. The Bertz CT molecular complexity index is 1040. The maximum absolute atomic E-state index is 13.1. The number of H-pyrrole nitrogens is 1. The number of aromatic amines is 1. The summed E-state index contributed by atoms with van der Waals surface area (Å²) in [6.07, 6.45) is 3.21. The predicted octanol–water partition coefficient (Wildman–Crippen LogP) is 3.02. The third kappa shape index (κ3) is 3.35. The predicted molar refractivity (Wildman–Crippen MR) is 109 cm³/mol. The SMILES string of the molecule is CCc1ccc2[nH]c(=O)c([C@@H](c3nnnn3C(C)(C)C)N3CCCC3)cc2c1. The van der Waals surface area contributed by atoms with Crippen LogP contribution in [0.4, 0.5) is 0 Å². The molecule has 148 valence electrons. The lowest BCUT2D eigenvalue weighted by Crippen LogP contribution is -2.36. The van der Waals surface area contributed by atoms with Gasteiger partial charge in [0.1, 0.15) is 6.04 Å². The highest BCUT2D eigenvalue weighted by Gasteiger charge is 2.34. The van der Waals surface area contributed by atoms with Gasteiger partial charge in [-0.2, -0.15) is 0 Å². The second kappa shape index (κ2) is 7.13. The number of rotatable bonds is 4. The number of aromatic nitrogens is 5. The molecule has 2 aromatic heterocycles. The summed E-state index contributed by atoms with van der Waals surface area (Å²) < 4.78 is 1.85. The average molecular weight is 380 g/mol. The molecular formula is C21H28N6O. The zero-order valence-corrected chi connectivity index (χ0v) is 17.1. The van der Waals surface area contributed by atoms with Gasteiger partial charge in [0.2, 0.25) is 0 Å². The van der Waals surface area contributed by atoms with Gasteiger partial charge in [0.05, 0.1) is 5.54 Å². The minimum Gasteiger partial charge on any atom is -0.322 e. The minimum atomic E-state index is -0.268. The molecule has 0 unspecified atom stereocenters. The van der Waals surface area contributed by atoms with Crippen molar-refractivity contribution < 1.29 is 0 Å². The van der Waals surface area contributed by atoms with E-state index in [2.05, 4.69) is 65.2 Å². The van der Waals surface area contributed by atoms with Crippen molar-refractivity contribution in [2.45, 2.75) is 58.5 Å². The quantitative estimate of drug-likeness (QED) is 0.753. The van der Waals surface area contributed by atoms with Crippen LogP contribution in [-0.2, 0) is 12.0 Å². The van der Waals surface area contributed by atoms with Crippen molar-refractivity contribution >= 4 is 10.9 Å². The number of hydrogen-bond acceptors (Lipinski definition) is 5. The van der Waals surface area contributed by atoms with E-state index >= 15 is 0 Å². The molecule has 1 fully saturated rings. The van der Waals surface area contributed by atoms with Crippen molar-refractivity contribution in [3.8, 4) is 0 Å². The first-order chi connectivity index (χ1) is 13.4. The van der Waals surface area contributed by atoms with Crippen molar-refractivity contribution in [3.63, 3.8) is 0 Å². The van der Waals surface area contributed by atoms with Crippen molar-refractivity contribution in [3.05, 3.63) is 51.6 Å². The number of nitrogens with one attached hydrogen (secondary N) is 1. The zero-order valence-electron chi connectivity index (χ0n) is 17.1. The molecule has 1 N–H and O–H groups in total. The standard InChI is InChI=1S/C21H28N6O/c1-5-14-8-9-17-15(12-14)13-16(20(28)22-17)18(26-10-6-7-11-26)19-23-24-25-27(19)21(2,3)4/h8-9,12-13,18H,5-7,10-11H2,1-4H3,(H,22,28)/t18-/m0/s1. The first-order valence-corrected chi connectivity index (χ1v) is 10.1. The largest absolute Gasteiger partial charge is 0.322 e. The van der Waals surface area contributed by atoms with Crippen molar-refractivity contribution in [2.24, 2.45) is 0 Å². The van der Waals surface area contributed by atoms with Gasteiger partial charge >= 0.3 is 0 Å². The summed E-state index contributed by atoms with van der Waals surface area (Å²) in [5.74, 6) is 0.728. The Balaban J connectivity index is 1.91. The molecule has 1 atom stereocenters. The molecule has 3 aromatic rings. The van der Waals surface area contributed by atoms with Gasteiger partial charge in [-0.3, -0.25) is 9.69 Å². The number of aryl methyl sites for hydroxylation is 1. The van der Waals surface area contributed by atoms with Gasteiger partial charge in [-0.1, -0.05) is 13.0 Å². The van der Waals surface area contributed by atoms with Gasteiger partial charge in [-0.05, 0) is 92.7 Å². The van der Waals surface area contributed by atoms with Crippen LogP contribution in [0.15, 0.2) is 29.1 Å². The smallest absolute Gasteiger partial charge is 0.253 e. The fourth-order valence-corrected chi connectivity index (χ4v) is 4.04. The summed E-state index contributed by atoms with van der Waals surface area (Å²) in [4.78, 5) is 18.5. The molecule has 0 spiro atoms. The van der Waals surface area contributed by atoms with Gasteiger partial charge in [0, 0.05) is 11.1 Å². The van der Waals surface area contributed by atoms with Gasteiger partial charge in [-0.15, -0.1) is 5.10 Å². The van der Waals surface area contributed by atoms with Crippen LogP contribution in [0, 0.1) is 0 Å². The molecule has 0 bridgehead atoms. The first-order valence-electron chi connectivity index (χ1n) is 10.1. The van der Waals surface area contributed by atoms with Crippen molar-refractivity contribution in [2.75, 3.05) is 13.1 Å². The number of likely N-dealkylation sites (tertiary alicyclic amines) is 1. The third-order valence-corrected chi connectivity index (χ3v) is 5.52. The summed E-state index contributed by atoms with van der Waals surface area (Å²) in [7, 11) is 0. The van der Waals surface area contributed by atoms with Crippen molar-refractivity contribution in [1.29, 1.82) is 0 Å². The average Bonchev–Trinajstić information content (AvgIpc) is 3.34. The third-order valence-electron chi connectivity index (χ3n) is 5.52. The Hall–Kier alpha value is -2.54. The van der Waals surface area contributed by atoms with E-state index in [1.165, 1.54) is 5.56 Å². The van der Waals surface area contributed by atoms with Gasteiger partial charge in [-0.25, -0.2) is 4.68 Å². The lowest BCUT2D eigenvalue weighted by molar-refractivity contribution is 0.241. The molecule has 1 aliphatic heterocycles. The van der Waals surface area contributed by atoms with E-state index in [1.54, 1.807) is 0 Å². The fraction of sp³-hybridized carbons (Fsp3) is 0.524. The van der Waals surface area contributed by atoms with Gasteiger partial charge in [0.25, 0.3) is 5.56 Å². The topological polar surface area (TPSA) is 79.7 Å². The molecule has 1 saturated heterocycles. The highest BCUT2D eigenvalue weighted by Crippen LogP contribution is 2.31. The summed E-state index contributed by atoms with van der Waals surface area (Å²) in [6.45, 7) is 10.2. The minimum absolute atomic E-state index is 0.0721. The fourth-order valence-electron chi connectivity index (χ4n) is 4.04. The highest BCUT2D eigenvalue weighted by molar-refractivity contribution is 5.80. The molecule has 1 aromatic carbocycles. The van der Waals surface area contributed by atoms with Crippen LogP contribution in [0.5, 0.6) is 0 Å². The molecule has 1 aliphatic rings. The maximum atomic E-state index is 13.1. The lowest BCUT2D eigenvalue weighted by Gasteiger charge is -2.29. The number of fused-ring (bicyclic) bond motifs is 1. The van der Waals surface area contributed by atoms with E-state index in [1.807, 2.05) is 16.8 Å². The van der Waals surface area contributed by atoms with Crippen LogP contribution in [0.1, 0.15) is 63.5 Å². The molecular weight excluding hydrogens is 352 g/mol. The number of nitrogens with zero attached hydrogens (tertiary/aromatic N) is 5. The molecule has 0 radical (unpaired) electrons. The van der Waals surface area contributed by atoms with E-state index in [0.29, 0.717) is 5.56 Å². The van der Waals surface area contributed by atoms with Crippen LogP contribution in [0.25, 0.3) is 10.9 Å². The molecule has 28 heavy (non-hydrogen) atoms. The monoisotopic (exact) mass is 380 g/mol. The summed E-state index contributed by atoms with van der Waals surface area (Å²) in [5.41, 5.74) is 2.49. The molecule has 0 aliphatic carbocycles. The summed E-state index contributed by atoms with van der Waals surface area (Å²) in [6, 6.07) is 7.98. The number of hydrogen-bond donors (Lipinski definition) is 1. The normalized spacial score (nSPS) is 16.7. The van der Waals surface area contributed by atoms with Gasteiger partial charge in [0.15, 0.2) is 5.82 Å². The molecule has 7 heteroatoms. The molecule has 0 saturated carbocycles. The van der Waals surface area contributed by atoms with Crippen LogP contribution in [0.2, 0.25) is 0 Å². The molecule has 7 nitrogen and oxygen atoms in total. The Morgan fingerprint density at radius 3 is 2.61 bits per heavy atom. The Kier molecular flexibility index (Phi) is 4.79. The summed E-state index contributed by atoms with van der Waals surface area (Å²) >= 11 is 0. The van der Waals surface area contributed by atoms with Crippen molar-refractivity contribution in [1.82, 2.24) is 30.1 Å². The molecule has 3 heterocycles. The Labute approximate surface area is 164 Å². The van der Waals surface area contributed by atoms with E-state index in [0.717, 1.165) is 49.1 Å². The van der Waals surface area contributed by atoms with E-state index in [4.69, 9.17) is 0 Å². The second-order valence-corrected chi connectivity index (χ2v) is 8.59. The number of pyridine rings is 1.